The van der Waals surface area contributed by atoms with E-state index in [1.807, 2.05) is 41.3 Å². The first kappa shape index (κ1) is 24.3. The van der Waals surface area contributed by atoms with Gasteiger partial charge < -0.3 is 19.7 Å². The lowest BCUT2D eigenvalue weighted by Gasteiger charge is -2.32. The van der Waals surface area contributed by atoms with Crippen LogP contribution in [0.4, 0.5) is 24.7 Å². The molecule has 184 valence electrons. The molecule has 1 aliphatic heterocycles. The lowest BCUT2D eigenvalue weighted by molar-refractivity contribution is -0.137. The van der Waals surface area contributed by atoms with E-state index >= 15 is 0 Å². The van der Waals surface area contributed by atoms with E-state index in [1.165, 1.54) is 13.2 Å². The molecule has 0 spiro atoms. The van der Waals surface area contributed by atoms with Crippen molar-refractivity contribution >= 4 is 17.4 Å². The number of aromatic nitrogens is 2. The van der Waals surface area contributed by atoms with Gasteiger partial charge in [0.2, 0.25) is 5.91 Å². The van der Waals surface area contributed by atoms with Crippen LogP contribution >= 0.6 is 0 Å². The molecule has 35 heavy (non-hydrogen) atoms. The molecule has 0 saturated carbocycles. The summed E-state index contributed by atoms with van der Waals surface area (Å²) in [5.41, 5.74) is 0.691. The topological polar surface area (TPSA) is 76.6 Å². The quantitative estimate of drug-likeness (QED) is 0.527. The largest absolute Gasteiger partial charge is 0.496 e. The average molecular weight is 486 g/mol. The number of nitrogens with zero attached hydrogens (tertiary/aromatic N) is 3. The molecule has 0 radical (unpaired) electrons. The number of methoxy groups -OCH3 is 2. The van der Waals surface area contributed by atoms with Gasteiger partial charge in [-0.15, -0.1) is 10.2 Å². The summed E-state index contributed by atoms with van der Waals surface area (Å²) in [4.78, 5) is 14.8. The van der Waals surface area contributed by atoms with Crippen molar-refractivity contribution < 1.29 is 27.4 Å². The Labute approximate surface area is 200 Å². The molecule has 7 nitrogen and oxygen atoms in total. The standard InChI is InChI=1S/C25H25F3N4O3/c1-34-21-6-4-3-5-18(21)19-8-10-23(31-30-19)32-13-11-16(12-14-32)24(33)29-20-15-17(25(26,27)28)7-9-22(20)35-2/h3-10,15-16H,11-14H2,1-2H3,(H,29,33). The van der Waals surface area contributed by atoms with Crippen molar-refractivity contribution in [2.24, 2.45) is 5.92 Å². The van der Waals surface area contributed by atoms with Crippen LogP contribution < -0.4 is 19.7 Å². The Hall–Kier alpha value is -3.82. The molecule has 0 aliphatic carbocycles. The predicted molar refractivity (Wildman–Crippen MR) is 126 cm³/mol. The van der Waals surface area contributed by atoms with Crippen molar-refractivity contribution in [1.82, 2.24) is 10.2 Å². The molecule has 1 amide bonds. The van der Waals surface area contributed by atoms with Crippen LogP contribution in [0.5, 0.6) is 11.5 Å². The minimum Gasteiger partial charge on any atom is -0.496 e. The number of halogens is 3. The molecule has 2 aromatic carbocycles. The van der Waals surface area contributed by atoms with E-state index in [0.717, 1.165) is 17.7 Å². The van der Waals surface area contributed by atoms with E-state index in [0.29, 0.717) is 43.2 Å². The van der Waals surface area contributed by atoms with Gasteiger partial charge in [-0.05, 0) is 55.3 Å². The molecule has 0 unspecified atom stereocenters. The molecule has 0 bridgehead atoms. The van der Waals surface area contributed by atoms with Crippen LogP contribution in [0.25, 0.3) is 11.3 Å². The number of benzene rings is 2. The summed E-state index contributed by atoms with van der Waals surface area (Å²) in [7, 11) is 2.95. The maximum atomic E-state index is 13.1. The zero-order chi connectivity index (χ0) is 25.0. The number of carbonyl (C=O) groups excluding carboxylic acids is 1. The van der Waals surface area contributed by atoms with Gasteiger partial charge in [-0.25, -0.2) is 0 Å². The molecule has 1 aromatic heterocycles. The molecule has 1 N–H and O–H groups in total. The fourth-order valence-corrected chi connectivity index (χ4v) is 4.08. The highest BCUT2D eigenvalue weighted by molar-refractivity contribution is 5.94. The minimum absolute atomic E-state index is 0.00699. The monoisotopic (exact) mass is 486 g/mol. The Morgan fingerprint density at radius 1 is 0.971 bits per heavy atom. The van der Waals surface area contributed by atoms with Crippen molar-refractivity contribution in [3.63, 3.8) is 0 Å². The number of nitrogens with one attached hydrogen (secondary N) is 1. The molecule has 3 aromatic rings. The van der Waals surface area contributed by atoms with Gasteiger partial charge in [0.1, 0.15) is 11.5 Å². The zero-order valence-corrected chi connectivity index (χ0v) is 19.3. The van der Waals surface area contributed by atoms with E-state index in [-0.39, 0.29) is 23.3 Å². The van der Waals surface area contributed by atoms with Crippen molar-refractivity contribution in [1.29, 1.82) is 0 Å². The highest BCUT2D eigenvalue weighted by Crippen LogP contribution is 2.35. The molecule has 10 heteroatoms. The summed E-state index contributed by atoms with van der Waals surface area (Å²) < 4.78 is 49.7. The summed E-state index contributed by atoms with van der Waals surface area (Å²) in [6, 6.07) is 14.3. The second-order valence-corrected chi connectivity index (χ2v) is 8.14. The van der Waals surface area contributed by atoms with Gasteiger partial charge in [-0.1, -0.05) is 12.1 Å². The van der Waals surface area contributed by atoms with E-state index in [4.69, 9.17) is 9.47 Å². The highest BCUT2D eigenvalue weighted by Gasteiger charge is 2.32. The van der Waals surface area contributed by atoms with Crippen molar-refractivity contribution in [3.8, 4) is 22.8 Å². The van der Waals surface area contributed by atoms with Crippen molar-refractivity contribution in [3.05, 3.63) is 60.2 Å². The first-order valence-corrected chi connectivity index (χ1v) is 11.1. The SMILES string of the molecule is COc1ccc(C(F)(F)F)cc1NC(=O)C1CCN(c2ccc(-c3ccccc3OC)nn2)CC1. The van der Waals surface area contributed by atoms with Gasteiger partial charge in [-0.3, -0.25) is 4.79 Å². The number of hydrogen-bond acceptors (Lipinski definition) is 6. The van der Waals surface area contributed by atoms with E-state index in [2.05, 4.69) is 15.5 Å². The zero-order valence-electron chi connectivity index (χ0n) is 19.3. The molecule has 4 rings (SSSR count). The van der Waals surface area contributed by atoms with Crippen LogP contribution in [-0.2, 0) is 11.0 Å². The van der Waals surface area contributed by atoms with Gasteiger partial charge in [0, 0.05) is 24.6 Å². The van der Waals surface area contributed by atoms with Gasteiger partial charge in [0.15, 0.2) is 5.82 Å². The normalized spacial score (nSPS) is 14.5. The molecule has 1 aliphatic rings. The first-order chi connectivity index (χ1) is 16.8. The lowest BCUT2D eigenvalue weighted by atomic mass is 9.95. The molecule has 1 saturated heterocycles. The fourth-order valence-electron chi connectivity index (χ4n) is 4.08. The predicted octanol–water partition coefficient (Wildman–Crippen LogP) is 5.03. The second kappa shape index (κ2) is 10.2. The summed E-state index contributed by atoms with van der Waals surface area (Å²) >= 11 is 0. The highest BCUT2D eigenvalue weighted by atomic mass is 19.4. The Kier molecular flexibility index (Phi) is 7.09. The molecular formula is C25H25F3N4O3. The number of hydrogen-bond donors (Lipinski definition) is 1. The summed E-state index contributed by atoms with van der Waals surface area (Å²) in [6.45, 7) is 1.14. The van der Waals surface area contributed by atoms with Crippen LogP contribution in [0.1, 0.15) is 18.4 Å². The van der Waals surface area contributed by atoms with Crippen LogP contribution in [0.2, 0.25) is 0 Å². The third kappa shape index (κ3) is 5.47. The Morgan fingerprint density at radius 2 is 1.69 bits per heavy atom. The van der Waals surface area contributed by atoms with Gasteiger partial charge >= 0.3 is 6.18 Å². The number of piperidine rings is 1. The molecule has 2 heterocycles. The summed E-state index contributed by atoms with van der Waals surface area (Å²) in [5, 5.41) is 11.3. The number of anilines is 2. The van der Waals surface area contributed by atoms with E-state index in [1.54, 1.807) is 7.11 Å². The molecule has 0 atom stereocenters. The maximum Gasteiger partial charge on any atom is 0.416 e. The average Bonchev–Trinajstić information content (AvgIpc) is 2.88. The van der Waals surface area contributed by atoms with Crippen LogP contribution in [0, 0.1) is 5.92 Å². The number of ether oxygens (including phenoxy) is 2. The lowest BCUT2D eigenvalue weighted by Crippen LogP contribution is -2.38. The number of carbonyl (C=O) groups is 1. The number of para-hydroxylation sites is 1. The van der Waals surface area contributed by atoms with Crippen LogP contribution in [-0.4, -0.2) is 43.4 Å². The number of amides is 1. The Bertz CT molecular complexity index is 1180. The second-order valence-electron chi connectivity index (χ2n) is 8.14. The van der Waals surface area contributed by atoms with E-state index in [9.17, 15) is 18.0 Å². The van der Waals surface area contributed by atoms with Crippen molar-refractivity contribution in [2.45, 2.75) is 19.0 Å². The smallest absolute Gasteiger partial charge is 0.416 e. The fraction of sp³-hybridized carbons (Fsp3) is 0.320. The van der Waals surface area contributed by atoms with E-state index < -0.39 is 11.7 Å². The summed E-state index contributed by atoms with van der Waals surface area (Å²) in [6.07, 6.45) is -3.45. The summed E-state index contributed by atoms with van der Waals surface area (Å²) in [5.74, 6) is 0.904. The van der Waals surface area contributed by atoms with Gasteiger partial charge in [0.25, 0.3) is 0 Å². The van der Waals surface area contributed by atoms with Gasteiger partial charge in [0.05, 0.1) is 31.2 Å². The maximum absolute atomic E-state index is 13.1. The van der Waals surface area contributed by atoms with Gasteiger partial charge in [-0.2, -0.15) is 13.2 Å². The van der Waals surface area contributed by atoms with Crippen LogP contribution in [0.15, 0.2) is 54.6 Å². The molecular weight excluding hydrogens is 461 g/mol. The Morgan fingerprint density at radius 3 is 2.31 bits per heavy atom. The minimum atomic E-state index is -4.51. The third-order valence-electron chi connectivity index (χ3n) is 6.01. The third-order valence-corrected chi connectivity index (χ3v) is 6.01. The van der Waals surface area contributed by atoms with Crippen LogP contribution in [0.3, 0.4) is 0 Å². The number of alkyl halides is 3. The van der Waals surface area contributed by atoms with Crippen molar-refractivity contribution in [2.75, 3.05) is 37.5 Å². The Balaban J connectivity index is 1.39. The number of rotatable bonds is 6. The molecule has 1 fully saturated rings. The first-order valence-electron chi connectivity index (χ1n) is 11.1.